The highest BCUT2D eigenvalue weighted by atomic mass is 16.5. The van der Waals surface area contributed by atoms with Crippen LogP contribution in [-0.2, 0) is 4.74 Å². The van der Waals surface area contributed by atoms with Gasteiger partial charge in [-0.05, 0) is 25.0 Å². The third-order valence-electron chi connectivity index (χ3n) is 2.56. The highest BCUT2D eigenvalue weighted by Crippen LogP contribution is 2.28. The molecule has 0 aliphatic carbocycles. The van der Waals surface area contributed by atoms with Crippen molar-refractivity contribution in [1.82, 2.24) is 5.32 Å². The lowest BCUT2D eigenvalue weighted by atomic mass is 10.1. The lowest BCUT2D eigenvalue weighted by Crippen LogP contribution is -2.25. The van der Waals surface area contributed by atoms with Gasteiger partial charge in [0, 0.05) is 19.8 Å². The van der Waals surface area contributed by atoms with Crippen molar-refractivity contribution in [2.75, 3.05) is 26.9 Å². The van der Waals surface area contributed by atoms with Crippen molar-refractivity contribution >= 4 is 5.91 Å². The molecule has 19 heavy (non-hydrogen) atoms. The van der Waals surface area contributed by atoms with Crippen molar-refractivity contribution in [3.8, 4) is 11.5 Å². The van der Waals surface area contributed by atoms with Gasteiger partial charge in [0.15, 0.2) is 11.5 Å². The van der Waals surface area contributed by atoms with E-state index in [1.807, 2.05) is 6.92 Å². The number of amides is 1. The normalized spacial score (nSPS) is 10.2. The Balaban J connectivity index is 2.41. The zero-order chi connectivity index (χ0) is 14.1. The van der Waals surface area contributed by atoms with Gasteiger partial charge in [0.2, 0.25) is 0 Å². The van der Waals surface area contributed by atoms with Crippen molar-refractivity contribution in [3.05, 3.63) is 23.8 Å². The van der Waals surface area contributed by atoms with E-state index in [4.69, 9.17) is 9.47 Å². The summed E-state index contributed by atoms with van der Waals surface area (Å²) < 4.78 is 10.3. The third kappa shape index (κ3) is 4.79. The Morgan fingerprint density at radius 1 is 1.37 bits per heavy atom. The molecule has 0 saturated heterocycles. The van der Waals surface area contributed by atoms with Crippen LogP contribution in [0, 0.1) is 0 Å². The number of methoxy groups -OCH3 is 1. The van der Waals surface area contributed by atoms with Crippen LogP contribution in [0.25, 0.3) is 0 Å². The standard InChI is InChI=1S/C14H21NO4/c1-3-9-19-10-5-8-15-14(17)11-6-4-7-12(18-2)13(11)16/h4,6-7,16H,3,5,8-10H2,1-2H3,(H,15,17). The number of para-hydroxylation sites is 1. The number of phenolic OH excluding ortho intramolecular Hbond substituents is 1. The summed E-state index contributed by atoms with van der Waals surface area (Å²) >= 11 is 0. The van der Waals surface area contributed by atoms with Gasteiger partial charge >= 0.3 is 0 Å². The van der Waals surface area contributed by atoms with Crippen LogP contribution in [0.15, 0.2) is 18.2 Å². The molecule has 0 aromatic heterocycles. The first-order valence-corrected chi connectivity index (χ1v) is 6.42. The van der Waals surface area contributed by atoms with Gasteiger partial charge in [0.25, 0.3) is 5.91 Å². The molecule has 0 aliphatic heterocycles. The molecule has 0 fully saturated rings. The van der Waals surface area contributed by atoms with Gasteiger partial charge in [-0.2, -0.15) is 0 Å². The maximum Gasteiger partial charge on any atom is 0.255 e. The third-order valence-corrected chi connectivity index (χ3v) is 2.56. The first-order chi connectivity index (χ1) is 9.20. The Hall–Kier alpha value is -1.75. The number of aromatic hydroxyl groups is 1. The van der Waals surface area contributed by atoms with Gasteiger partial charge in [-0.1, -0.05) is 13.0 Å². The first-order valence-electron chi connectivity index (χ1n) is 6.42. The summed E-state index contributed by atoms with van der Waals surface area (Å²) in [6, 6.07) is 4.82. The molecule has 0 heterocycles. The predicted molar refractivity (Wildman–Crippen MR) is 72.7 cm³/mol. The van der Waals surface area contributed by atoms with Crippen LogP contribution in [0.1, 0.15) is 30.1 Å². The van der Waals surface area contributed by atoms with Gasteiger partial charge in [0.05, 0.1) is 12.7 Å². The molecule has 0 spiro atoms. The van der Waals surface area contributed by atoms with Gasteiger partial charge in [-0.3, -0.25) is 4.79 Å². The number of ether oxygens (including phenoxy) is 2. The van der Waals surface area contributed by atoms with Crippen molar-refractivity contribution in [3.63, 3.8) is 0 Å². The first kappa shape index (κ1) is 15.3. The molecule has 0 unspecified atom stereocenters. The molecule has 1 aromatic carbocycles. The van der Waals surface area contributed by atoms with Gasteiger partial charge in [-0.15, -0.1) is 0 Å². The average Bonchev–Trinajstić information content (AvgIpc) is 2.42. The molecule has 2 N–H and O–H groups in total. The minimum Gasteiger partial charge on any atom is -0.504 e. The number of rotatable bonds is 8. The van der Waals surface area contributed by atoms with E-state index in [-0.39, 0.29) is 17.2 Å². The van der Waals surface area contributed by atoms with Crippen LogP contribution in [0.5, 0.6) is 11.5 Å². The number of hydrogen-bond donors (Lipinski definition) is 2. The molecule has 106 valence electrons. The Kier molecular flexibility index (Phi) is 6.74. The fourth-order valence-corrected chi connectivity index (χ4v) is 1.59. The van der Waals surface area contributed by atoms with Crippen LogP contribution in [0.3, 0.4) is 0 Å². The quantitative estimate of drug-likeness (QED) is 0.706. The number of carbonyl (C=O) groups is 1. The molecule has 5 nitrogen and oxygen atoms in total. The predicted octanol–water partition coefficient (Wildman–Crippen LogP) is 1.95. The molecule has 0 saturated carbocycles. The Bertz CT molecular complexity index is 406. The van der Waals surface area contributed by atoms with E-state index < -0.39 is 0 Å². The molecule has 5 heteroatoms. The van der Waals surface area contributed by atoms with Crippen molar-refractivity contribution in [1.29, 1.82) is 0 Å². The summed E-state index contributed by atoms with van der Waals surface area (Å²) in [6.07, 6.45) is 1.74. The summed E-state index contributed by atoms with van der Waals surface area (Å²) in [6.45, 7) is 3.93. The van der Waals surface area contributed by atoms with E-state index in [0.29, 0.717) is 18.9 Å². The van der Waals surface area contributed by atoms with Crippen LogP contribution in [0.4, 0.5) is 0 Å². The fraction of sp³-hybridized carbons (Fsp3) is 0.500. The second-order valence-electron chi connectivity index (χ2n) is 4.08. The fourth-order valence-electron chi connectivity index (χ4n) is 1.59. The summed E-state index contributed by atoms with van der Waals surface area (Å²) in [5.74, 6) is -0.157. The van der Waals surface area contributed by atoms with Crippen LogP contribution in [0.2, 0.25) is 0 Å². The number of phenols is 1. The SMILES string of the molecule is CCCOCCCNC(=O)c1cccc(OC)c1O. The molecule has 1 amide bonds. The van der Waals surface area contributed by atoms with Gasteiger partial charge < -0.3 is 19.9 Å². The van der Waals surface area contributed by atoms with E-state index in [1.165, 1.54) is 7.11 Å². The van der Waals surface area contributed by atoms with E-state index in [1.54, 1.807) is 18.2 Å². The minimum absolute atomic E-state index is 0.135. The summed E-state index contributed by atoms with van der Waals surface area (Å²) in [4.78, 5) is 11.9. The number of carbonyl (C=O) groups excluding carboxylic acids is 1. The Labute approximate surface area is 113 Å². The lowest BCUT2D eigenvalue weighted by molar-refractivity contribution is 0.0938. The van der Waals surface area contributed by atoms with Crippen molar-refractivity contribution < 1.29 is 19.4 Å². The zero-order valence-corrected chi connectivity index (χ0v) is 11.4. The second-order valence-corrected chi connectivity index (χ2v) is 4.08. The number of benzene rings is 1. The largest absolute Gasteiger partial charge is 0.504 e. The summed E-state index contributed by atoms with van der Waals surface area (Å²) in [5, 5.41) is 12.6. The smallest absolute Gasteiger partial charge is 0.255 e. The second kappa shape index (κ2) is 8.37. The monoisotopic (exact) mass is 267 g/mol. The van der Waals surface area contributed by atoms with Crippen molar-refractivity contribution in [2.24, 2.45) is 0 Å². The van der Waals surface area contributed by atoms with Crippen LogP contribution in [-0.4, -0.2) is 37.9 Å². The maximum atomic E-state index is 11.9. The van der Waals surface area contributed by atoms with Gasteiger partial charge in [-0.25, -0.2) is 0 Å². The molecular weight excluding hydrogens is 246 g/mol. The highest BCUT2D eigenvalue weighted by molar-refractivity contribution is 5.97. The van der Waals surface area contributed by atoms with Crippen LogP contribution >= 0.6 is 0 Å². The van der Waals surface area contributed by atoms with E-state index >= 15 is 0 Å². The number of nitrogens with one attached hydrogen (secondary N) is 1. The van der Waals surface area contributed by atoms with Crippen LogP contribution < -0.4 is 10.1 Å². The zero-order valence-electron chi connectivity index (χ0n) is 11.4. The average molecular weight is 267 g/mol. The highest BCUT2D eigenvalue weighted by Gasteiger charge is 2.13. The Morgan fingerprint density at radius 2 is 2.16 bits per heavy atom. The molecule has 0 atom stereocenters. The van der Waals surface area contributed by atoms with E-state index in [2.05, 4.69) is 5.32 Å². The maximum absolute atomic E-state index is 11.9. The molecule has 0 bridgehead atoms. The van der Waals surface area contributed by atoms with E-state index in [9.17, 15) is 9.90 Å². The molecule has 1 aromatic rings. The van der Waals surface area contributed by atoms with E-state index in [0.717, 1.165) is 19.4 Å². The molecular formula is C14H21NO4. The summed E-state index contributed by atoms with van der Waals surface area (Å²) in [5.41, 5.74) is 0.217. The topological polar surface area (TPSA) is 67.8 Å². The summed E-state index contributed by atoms with van der Waals surface area (Å²) in [7, 11) is 1.45. The van der Waals surface area contributed by atoms with Gasteiger partial charge in [0.1, 0.15) is 0 Å². The molecule has 0 radical (unpaired) electrons. The minimum atomic E-state index is -0.313. The molecule has 1 rings (SSSR count). The molecule has 0 aliphatic rings. The number of hydrogen-bond acceptors (Lipinski definition) is 4. The lowest BCUT2D eigenvalue weighted by Gasteiger charge is -2.09. The Morgan fingerprint density at radius 3 is 2.84 bits per heavy atom. The van der Waals surface area contributed by atoms with Crippen molar-refractivity contribution in [2.45, 2.75) is 19.8 Å².